The lowest BCUT2D eigenvalue weighted by atomic mass is 10.1. The summed E-state index contributed by atoms with van der Waals surface area (Å²) < 4.78 is 10.9. The monoisotopic (exact) mass is 502 g/mol. The predicted molar refractivity (Wildman–Crippen MR) is 128 cm³/mol. The molecule has 2 heterocycles. The van der Waals surface area contributed by atoms with Gasteiger partial charge in [-0.2, -0.15) is 0 Å². The minimum atomic E-state index is -1.06. The molecule has 1 aromatic carbocycles. The highest BCUT2D eigenvalue weighted by Crippen LogP contribution is 2.20. The third kappa shape index (κ3) is 7.77. The minimum absolute atomic E-state index is 0.00319. The number of nitrogens with zero attached hydrogens (tertiary/aromatic N) is 1. The minimum Gasteiger partial charge on any atom is -0.444 e. The Hall–Kier alpha value is -3.47. The SMILES string of the molecule is CC(C)(C)OC[C@H](NC(=O)[C@@H]1CCC(=O)N1)C(=O)N1CCC[C@H]1C(=O)NC(=O)OCc1ccccc1. The molecule has 0 spiro atoms. The lowest BCUT2D eigenvalue weighted by Crippen LogP contribution is -2.57. The molecule has 11 heteroatoms. The zero-order valence-corrected chi connectivity index (χ0v) is 20.9. The van der Waals surface area contributed by atoms with Gasteiger partial charge in [0.25, 0.3) is 5.91 Å². The van der Waals surface area contributed by atoms with Gasteiger partial charge in [0.2, 0.25) is 17.7 Å². The number of alkyl carbamates (subject to hydrolysis) is 1. The van der Waals surface area contributed by atoms with Crippen LogP contribution in [0.2, 0.25) is 0 Å². The smallest absolute Gasteiger partial charge is 0.414 e. The number of amides is 5. The molecule has 11 nitrogen and oxygen atoms in total. The van der Waals surface area contributed by atoms with E-state index in [0.29, 0.717) is 19.3 Å². The molecule has 3 N–H and O–H groups in total. The van der Waals surface area contributed by atoms with Crippen LogP contribution in [0.15, 0.2) is 30.3 Å². The van der Waals surface area contributed by atoms with Crippen LogP contribution in [-0.2, 0) is 35.3 Å². The van der Waals surface area contributed by atoms with Crippen LogP contribution in [0.5, 0.6) is 0 Å². The van der Waals surface area contributed by atoms with E-state index in [1.165, 1.54) is 4.90 Å². The number of likely N-dealkylation sites (tertiary alicyclic amines) is 1. The summed E-state index contributed by atoms with van der Waals surface area (Å²) in [5.74, 6) is -1.85. The topological polar surface area (TPSA) is 143 Å². The summed E-state index contributed by atoms with van der Waals surface area (Å²) >= 11 is 0. The van der Waals surface area contributed by atoms with Crippen molar-refractivity contribution in [2.75, 3.05) is 13.2 Å². The molecule has 2 aliphatic heterocycles. The van der Waals surface area contributed by atoms with Crippen LogP contribution in [0.1, 0.15) is 52.0 Å². The second kappa shape index (κ2) is 12.0. The van der Waals surface area contributed by atoms with Crippen LogP contribution in [0.4, 0.5) is 4.79 Å². The largest absolute Gasteiger partial charge is 0.444 e. The normalized spacial score (nSPS) is 20.4. The fraction of sp³-hybridized carbons (Fsp3) is 0.560. The first-order valence-corrected chi connectivity index (χ1v) is 12.1. The number of benzene rings is 1. The Labute approximate surface area is 210 Å². The highest BCUT2D eigenvalue weighted by molar-refractivity contribution is 5.99. The number of ether oxygens (including phenoxy) is 2. The Balaban J connectivity index is 1.62. The number of carbonyl (C=O) groups excluding carboxylic acids is 5. The summed E-state index contributed by atoms with van der Waals surface area (Å²) in [6, 6.07) is 6.36. The number of nitrogens with one attached hydrogen (secondary N) is 3. The third-order valence-electron chi connectivity index (χ3n) is 5.89. The van der Waals surface area contributed by atoms with Gasteiger partial charge in [-0.25, -0.2) is 4.79 Å². The van der Waals surface area contributed by atoms with E-state index in [4.69, 9.17) is 9.47 Å². The average molecular weight is 503 g/mol. The maximum absolute atomic E-state index is 13.4. The van der Waals surface area contributed by atoms with Gasteiger partial charge in [0.05, 0.1) is 12.2 Å². The van der Waals surface area contributed by atoms with Crippen LogP contribution < -0.4 is 16.0 Å². The molecule has 0 bridgehead atoms. The zero-order valence-electron chi connectivity index (χ0n) is 20.9. The van der Waals surface area contributed by atoms with Gasteiger partial charge in [0, 0.05) is 13.0 Å². The van der Waals surface area contributed by atoms with Crippen LogP contribution in [0.3, 0.4) is 0 Å². The predicted octanol–water partition coefficient (Wildman–Crippen LogP) is 1.01. The molecule has 0 unspecified atom stereocenters. The van der Waals surface area contributed by atoms with Gasteiger partial charge in [0.15, 0.2) is 0 Å². The van der Waals surface area contributed by atoms with Gasteiger partial charge in [-0.05, 0) is 45.6 Å². The van der Waals surface area contributed by atoms with Gasteiger partial charge < -0.3 is 25.0 Å². The fourth-order valence-electron chi connectivity index (χ4n) is 4.04. The molecule has 0 saturated carbocycles. The van der Waals surface area contributed by atoms with E-state index in [-0.39, 0.29) is 32.1 Å². The Kier molecular flexibility index (Phi) is 9.03. The maximum atomic E-state index is 13.4. The summed E-state index contributed by atoms with van der Waals surface area (Å²) in [6.07, 6.45) is 0.599. The Morgan fingerprint density at radius 3 is 2.47 bits per heavy atom. The highest BCUT2D eigenvalue weighted by Gasteiger charge is 2.40. The van der Waals surface area contributed by atoms with Crippen molar-refractivity contribution in [1.82, 2.24) is 20.9 Å². The number of carbonyl (C=O) groups is 5. The van der Waals surface area contributed by atoms with Crippen molar-refractivity contribution in [3.8, 4) is 0 Å². The second-order valence-corrected chi connectivity index (χ2v) is 9.88. The summed E-state index contributed by atoms with van der Waals surface area (Å²) in [4.78, 5) is 64.0. The molecule has 3 rings (SSSR count). The standard InChI is InChI=1S/C25H34N4O7/c1-25(2,3)36-15-18(27-21(31)17-11-12-20(30)26-17)23(33)29-13-7-10-19(29)22(32)28-24(34)35-14-16-8-5-4-6-9-16/h4-6,8-9,17-19H,7,10-15H2,1-3H3,(H,26,30)(H,27,31)(H,28,32,34)/t17-,18-,19-/m0/s1. The Morgan fingerprint density at radius 2 is 1.83 bits per heavy atom. The molecule has 0 aromatic heterocycles. The van der Waals surface area contributed by atoms with Crippen molar-refractivity contribution >= 4 is 29.7 Å². The van der Waals surface area contributed by atoms with Gasteiger partial charge in [-0.3, -0.25) is 24.5 Å². The Bertz CT molecular complexity index is 976. The molecular formula is C25H34N4O7. The number of rotatable bonds is 8. The van der Waals surface area contributed by atoms with E-state index in [0.717, 1.165) is 5.56 Å². The lowest BCUT2D eigenvalue weighted by Gasteiger charge is -2.30. The first-order valence-electron chi connectivity index (χ1n) is 12.1. The van der Waals surface area contributed by atoms with Crippen molar-refractivity contribution in [2.45, 2.75) is 76.8 Å². The van der Waals surface area contributed by atoms with E-state index in [2.05, 4.69) is 16.0 Å². The zero-order chi connectivity index (χ0) is 26.3. The second-order valence-electron chi connectivity index (χ2n) is 9.88. The molecule has 0 radical (unpaired) electrons. The fourth-order valence-corrected chi connectivity index (χ4v) is 4.04. The van der Waals surface area contributed by atoms with Crippen molar-refractivity contribution in [3.05, 3.63) is 35.9 Å². The maximum Gasteiger partial charge on any atom is 0.414 e. The number of hydrogen-bond donors (Lipinski definition) is 3. The molecule has 2 aliphatic rings. The van der Waals surface area contributed by atoms with Crippen molar-refractivity contribution in [2.24, 2.45) is 0 Å². The highest BCUT2D eigenvalue weighted by atomic mass is 16.5. The molecular weight excluding hydrogens is 468 g/mol. The first-order chi connectivity index (χ1) is 17.0. The molecule has 5 amide bonds. The van der Waals surface area contributed by atoms with Gasteiger partial charge >= 0.3 is 6.09 Å². The first kappa shape index (κ1) is 27.1. The van der Waals surface area contributed by atoms with E-state index in [9.17, 15) is 24.0 Å². The summed E-state index contributed by atoms with van der Waals surface area (Å²) in [6.45, 7) is 5.64. The molecule has 2 fully saturated rings. The molecule has 3 atom stereocenters. The molecule has 0 aliphatic carbocycles. The molecule has 196 valence electrons. The van der Waals surface area contributed by atoms with Crippen LogP contribution in [-0.4, -0.2) is 71.5 Å². The van der Waals surface area contributed by atoms with Crippen LogP contribution >= 0.6 is 0 Å². The van der Waals surface area contributed by atoms with E-state index >= 15 is 0 Å². The molecule has 2 saturated heterocycles. The number of hydrogen-bond acceptors (Lipinski definition) is 7. The average Bonchev–Trinajstić information content (AvgIpc) is 3.49. The van der Waals surface area contributed by atoms with Crippen molar-refractivity contribution in [1.29, 1.82) is 0 Å². The van der Waals surface area contributed by atoms with Gasteiger partial charge in [0.1, 0.15) is 24.7 Å². The van der Waals surface area contributed by atoms with E-state index in [1.54, 1.807) is 12.1 Å². The summed E-state index contributed by atoms with van der Waals surface area (Å²) in [5, 5.41) is 7.46. The Morgan fingerprint density at radius 1 is 1.11 bits per heavy atom. The van der Waals surface area contributed by atoms with Crippen molar-refractivity contribution < 1.29 is 33.4 Å². The van der Waals surface area contributed by atoms with Gasteiger partial charge in [-0.1, -0.05) is 30.3 Å². The van der Waals surface area contributed by atoms with E-state index in [1.807, 2.05) is 39.0 Å². The lowest BCUT2D eigenvalue weighted by molar-refractivity contribution is -0.144. The third-order valence-corrected chi connectivity index (χ3v) is 5.89. The van der Waals surface area contributed by atoms with Crippen LogP contribution in [0, 0.1) is 0 Å². The van der Waals surface area contributed by atoms with E-state index < -0.39 is 47.5 Å². The van der Waals surface area contributed by atoms with Crippen LogP contribution in [0.25, 0.3) is 0 Å². The summed E-state index contributed by atoms with van der Waals surface area (Å²) in [7, 11) is 0. The summed E-state index contributed by atoms with van der Waals surface area (Å²) in [5.41, 5.74) is 0.198. The van der Waals surface area contributed by atoms with Gasteiger partial charge in [-0.15, -0.1) is 0 Å². The molecule has 36 heavy (non-hydrogen) atoms. The van der Waals surface area contributed by atoms with Crippen molar-refractivity contribution in [3.63, 3.8) is 0 Å². The quantitative estimate of drug-likeness (QED) is 0.481. The number of imide groups is 1. The molecule has 1 aromatic rings.